The fourth-order valence-electron chi connectivity index (χ4n) is 5.02. The molecule has 1 aromatic rings. The Kier molecular flexibility index (Phi) is 5.25. The molecule has 0 radical (unpaired) electrons. The fourth-order valence-corrected chi connectivity index (χ4v) is 6.74. The van der Waals surface area contributed by atoms with Gasteiger partial charge in [0.15, 0.2) is 0 Å². The van der Waals surface area contributed by atoms with Gasteiger partial charge in [0.25, 0.3) is 0 Å². The van der Waals surface area contributed by atoms with Crippen LogP contribution >= 0.6 is 27.7 Å². The van der Waals surface area contributed by atoms with Gasteiger partial charge < -0.3 is 9.84 Å². The topological polar surface area (TPSA) is 63.6 Å². The number of carbonyl (C=O) groups excluding carboxylic acids is 2. The van der Waals surface area contributed by atoms with Gasteiger partial charge in [-0.3, -0.25) is 9.59 Å². The minimum Gasteiger partial charge on any atom is -0.461 e. The molecule has 4 nitrogen and oxygen atoms in total. The quantitative estimate of drug-likeness (QED) is 0.430. The van der Waals surface area contributed by atoms with Gasteiger partial charge in [0.05, 0.1) is 12.0 Å². The fraction of sp³-hybridized carbons (Fsp3) is 0.524. The summed E-state index contributed by atoms with van der Waals surface area (Å²) in [5, 5.41) is 10.9. The number of fused-ring (bicyclic) bond motifs is 3. The van der Waals surface area contributed by atoms with Crippen molar-refractivity contribution in [3.63, 3.8) is 0 Å². The van der Waals surface area contributed by atoms with E-state index in [4.69, 9.17) is 4.74 Å². The number of hydrogen-bond donors (Lipinski definition) is 1. The summed E-state index contributed by atoms with van der Waals surface area (Å²) in [7, 11) is 0. The van der Waals surface area contributed by atoms with E-state index in [0.717, 1.165) is 14.9 Å². The normalized spacial score (nSPS) is 38.3. The van der Waals surface area contributed by atoms with Crippen LogP contribution in [0.3, 0.4) is 0 Å². The summed E-state index contributed by atoms with van der Waals surface area (Å²) in [4.78, 5) is 26.1. The van der Waals surface area contributed by atoms with Crippen molar-refractivity contribution in [3.05, 3.63) is 40.9 Å². The molecule has 0 bridgehead atoms. The lowest BCUT2D eigenvalue weighted by Crippen LogP contribution is -2.38. The Morgan fingerprint density at radius 3 is 2.74 bits per heavy atom. The molecule has 1 saturated heterocycles. The van der Waals surface area contributed by atoms with Crippen LogP contribution in [0.4, 0.5) is 0 Å². The van der Waals surface area contributed by atoms with Gasteiger partial charge in [-0.1, -0.05) is 31.2 Å². The van der Waals surface area contributed by atoms with E-state index >= 15 is 0 Å². The molecule has 2 saturated carbocycles. The number of aliphatic hydroxyl groups is 1. The van der Waals surface area contributed by atoms with Gasteiger partial charge in [-0.15, -0.1) is 11.8 Å². The van der Waals surface area contributed by atoms with Crippen LogP contribution < -0.4 is 0 Å². The first kappa shape index (κ1) is 19.2. The number of ketones is 1. The predicted octanol–water partition coefficient (Wildman–Crippen LogP) is 3.86. The minimum absolute atomic E-state index is 0.0135. The van der Waals surface area contributed by atoms with E-state index in [1.165, 1.54) is 0 Å². The van der Waals surface area contributed by atoms with Crippen LogP contribution in [0, 0.1) is 29.6 Å². The molecular formula is C21H23BrO4S. The Morgan fingerprint density at radius 1 is 1.26 bits per heavy atom. The van der Waals surface area contributed by atoms with Gasteiger partial charge in [-0.25, -0.2) is 0 Å². The van der Waals surface area contributed by atoms with Crippen LogP contribution in [0.15, 0.2) is 45.8 Å². The second kappa shape index (κ2) is 7.37. The Hall–Kier alpha value is -1.11. The number of ether oxygens (including phenoxy) is 1. The maximum absolute atomic E-state index is 12.7. The number of aliphatic hydroxyl groups excluding tert-OH is 1. The Balaban J connectivity index is 1.60. The molecule has 6 heteroatoms. The molecule has 1 N–H and O–H groups in total. The van der Waals surface area contributed by atoms with Crippen molar-refractivity contribution in [3.8, 4) is 0 Å². The minimum atomic E-state index is -0.660. The van der Waals surface area contributed by atoms with E-state index in [9.17, 15) is 14.7 Å². The summed E-state index contributed by atoms with van der Waals surface area (Å²) in [6.07, 6.45) is -0.168. The lowest BCUT2D eigenvalue weighted by atomic mass is 9.77. The number of esters is 1. The van der Waals surface area contributed by atoms with Crippen LogP contribution in [-0.2, 0) is 14.3 Å². The SMILES string of the molecule is C=C1C[C@H](O)[C@@H]2[C@H](OC(=O)[C@H]2CSc2ccccc2Br)[C@H]2[C@H](C)C(=O)C[C@@H]12. The highest BCUT2D eigenvalue weighted by Crippen LogP contribution is 2.52. The van der Waals surface area contributed by atoms with Crippen LogP contribution in [0.2, 0.25) is 0 Å². The lowest BCUT2D eigenvalue weighted by molar-refractivity contribution is -0.146. The van der Waals surface area contributed by atoms with E-state index in [1.54, 1.807) is 11.8 Å². The van der Waals surface area contributed by atoms with Crippen molar-refractivity contribution in [2.24, 2.45) is 29.6 Å². The predicted molar refractivity (Wildman–Crippen MR) is 107 cm³/mol. The van der Waals surface area contributed by atoms with E-state index in [2.05, 4.69) is 22.5 Å². The first-order valence-electron chi connectivity index (χ1n) is 9.34. The summed E-state index contributed by atoms with van der Waals surface area (Å²) in [6, 6.07) is 7.89. The first-order valence-corrected chi connectivity index (χ1v) is 11.1. The number of thioether (sulfide) groups is 1. The van der Waals surface area contributed by atoms with Crippen molar-refractivity contribution in [1.29, 1.82) is 0 Å². The monoisotopic (exact) mass is 450 g/mol. The maximum Gasteiger partial charge on any atom is 0.310 e. The van der Waals surface area contributed by atoms with Crippen molar-refractivity contribution in [2.45, 2.75) is 36.9 Å². The van der Waals surface area contributed by atoms with Crippen molar-refractivity contribution < 1.29 is 19.4 Å². The molecule has 0 unspecified atom stereocenters. The van der Waals surface area contributed by atoms with Gasteiger partial charge in [-0.2, -0.15) is 0 Å². The number of Topliss-reactive ketones (excluding diaryl/α,β-unsaturated/α-hetero) is 1. The van der Waals surface area contributed by atoms with Gasteiger partial charge >= 0.3 is 5.97 Å². The molecule has 1 aliphatic heterocycles. The highest BCUT2D eigenvalue weighted by Gasteiger charge is 2.58. The van der Waals surface area contributed by atoms with Crippen molar-refractivity contribution in [1.82, 2.24) is 0 Å². The number of halogens is 1. The van der Waals surface area contributed by atoms with Crippen LogP contribution in [0.5, 0.6) is 0 Å². The Morgan fingerprint density at radius 2 is 2.00 bits per heavy atom. The Labute approximate surface area is 171 Å². The second-order valence-electron chi connectivity index (χ2n) is 7.90. The molecule has 3 aliphatic rings. The average Bonchev–Trinajstić information content (AvgIpc) is 3.07. The van der Waals surface area contributed by atoms with E-state index in [-0.39, 0.29) is 41.3 Å². The summed E-state index contributed by atoms with van der Waals surface area (Å²) in [5.74, 6) is -0.360. The molecule has 0 amide bonds. The smallest absolute Gasteiger partial charge is 0.310 e. The zero-order valence-corrected chi connectivity index (χ0v) is 17.5. The van der Waals surface area contributed by atoms with Gasteiger partial charge in [0.1, 0.15) is 11.9 Å². The highest BCUT2D eigenvalue weighted by molar-refractivity contribution is 9.10. The third-order valence-corrected chi connectivity index (χ3v) is 8.59. The number of carbonyl (C=O) groups is 2. The molecule has 0 aromatic heterocycles. The molecule has 3 fully saturated rings. The van der Waals surface area contributed by atoms with E-state index in [1.807, 2.05) is 31.2 Å². The zero-order valence-electron chi connectivity index (χ0n) is 15.1. The van der Waals surface area contributed by atoms with Crippen molar-refractivity contribution >= 4 is 39.4 Å². The number of rotatable bonds is 3. The van der Waals surface area contributed by atoms with E-state index < -0.39 is 12.2 Å². The van der Waals surface area contributed by atoms with Crippen molar-refractivity contribution in [2.75, 3.05) is 5.75 Å². The molecule has 144 valence electrons. The molecule has 27 heavy (non-hydrogen) atoms. The van der Waals surface area contributed by atoms with Gasteiger partial charge in [0.2, 0.25) is 0 Å². The van der Waals surface area contributed by atoms with Gasteiger partial charge in [0, 0.05) is 39.3 Å². The molecule has 2 aliphatic carbocycles. The Bertz CT molecular complexity index is 794. The summed E-state index contributed by atoms with van der Waals surface area (Å²) < 4.78 is 6.80. The largest absolute Gasteiger partial charge is 0.461 e. The van der Waals surface area contributed by atoms with Crippen LogP contribution in [-0.4, -0.2) is 34.8 Å². The maximum atomic E-state index is 12.7. The molecular weight excluding hydrogens is 428 g/mol. The summed E-state index contributed by atoms with van der Waals surface area (Å²) in [6.45, 7) is 6.07. The van der Waals surface area contributed by atoms with Crippen LogP contribution in [0.25, 0.3) is 0 Å². The number of benzene rings is 1. The zero-order chi connectivity index (χ0) is 19.3. The van der Waals surface area contributed by atoms with E-state index in [0.29, 0.717) is 18.6 Å². The second-order valence-corrected chi connectivity index (χ2v) is 9.82. The summed E-state index contributed by atoms with van der Waals surface area (Å²) in [5.41, 5.74) is 0.924. The molecule has 7 atom stereocenters. The van der Waals surface area contributed by atoms with Crippen LogP contribution in [0.1, 0.15) is 19.8 Å². The number of hydrogen-bond acceptors (Lipinski definition) is 5. The highest BCUT2D eigenvalue weighted by atomic mass is 79.9. The molecule has 0 spiro atoms. The first-order chi connectivity index (χ1) is 12.9. The third-order valence-electron chi connectivity index (χ3n) is 6.44. The third kappa shape index (κ3) is 3.30. The molecule has 4 rings (SSSR count). The molecule has 1 aromatic carbocycles. The average molecular weight is 451 g/mol. The molecule has 1 heterocycles. The lowest BCUT2D eigenvalue weighted by Gasteiger charge is -2.29. The van der Waals surface area contributed by atoms with Gasteiger partial charge in [-0.05, 0) is 40.4 Å². The standard InChI is InChI=1S/C21H23BrO4S/c1-10-7-16(24)19-13(9-27-17-6-4-3-5-14(17)22)21(25)26-20(19)18-11(2)15(23)8-12(10)18/h3-6,11-13,16,18-20,24H,1,7-9H2,2H3/t11-,12+,13+,16+,18+,19-,20-/m1/s1. The summed E-state index contributed by atoms with van der Waals surface area (Å²) >= 11 is 5.13.